The van der Waals surface area contributed by atoms with Gasteiger partial charge in [0.2, 0.25) is 0 Å². The van der Waals surface area contributed by atoms with E-state index in [4.69, 9.17) is 9.47 Å². The van der Waals surface area contributed by atoms with E-state index in [1.165, 1.54) is 29.2 Å². The molecule has 1 amide bonds. The minimum absolute atomic E-state index is 0.166. The van der Waals surface area contributed by atoms with Crippen molar-refractivity contribution < 1.29 is 27.8 Å². The van der Waals surface area contributed by atoms with E-state index >= 15 is 0 Å². The van der Waals surface area contributed by atoms with Gasteiger partial charge in [-0.05, 0) is 37.3 Å². The fraction of sp³-hybridized carbons (Fsp3) is 0.269. The van der Waals surface area contributed by atoms with Crippen LogP contribution in [-0.2, 0) is 24.9 Å². The van der Waals surface area contributed by atoms with Gasteiger partial charge in [0.15, 0.2) is 21.0 Å². The van der Waals surface area contributed by atoms with E-state index in [2.05, 4.69) is 23.7 Å². The van der Waals surface area contributed by atoms with Crippen molar-refractivity contribution in [2.45, 2.75) is 35.2 Å². The second kappa shape index (κ2) is 8.03. The smallest absolute Gasteiger partial charge is 0.415 e. The lowest BCUT2D eigenvalue weighted by Crippen LogP contribution is -2.54. The molecule has 7 nitrogen and oxygen atoms in total. The van der Waals surface area contributed by atoms with E-state index in [1.807, 2.05) is 0 Å². The minimum atomic E-state index is -3.61. The molecule has 2 aromatic rings. The molecule has 34 heavy (non-hydrogen) atoms. The number of rotatable bonds is 4. The predicted molar refractivity (Wildman–Crippen MR) is 124 cm³/mol. The summed E-state index contributed by atoms with van der Waals surface area (Å²) >= 11 is 0. The summed E-state index contributed by atoms with van der Waals surface area (Å²) in [4.78, 5) is 14.8. The molecule has 4 atom stereocenters. The Balaban J connectivity index is 1.45. The monoisotopic (exact) mass is 475 g/mol. The van der Waals surface area contributed by atoms with Gasteiger partial charge < -0.3 is 14.6 Å². The highest BCUT2D eigenvalue weighted by Crippen LogP contribution is 2.61. The average Bonchev–Trinajstić information content (AvgIpc) is 3.59. The second-order valence-corrected chi connectivity index (χ2v) is 10.4. The first-order chi connectivity index (χ1) is 16.3. The highest BCUT2D eigenvalue weighted by molar-refractivity contribution is 7.91. The topological polar surface area (TPSA) is 96.4 Å². The summed E-state index contributed by atoms with van der Waals surface area (Å²) in [5, 5.41) is 11.2. The number of benzene rings is 2. The Labute approximate surface area is 197 Å². The van der Waals surface area contributed by atoms with Gasteiger partial charge in [-0.15, -0.1) is 0 Å². The Morgan fingerprint density at radius 3 is 2.62 bits per heavy atom. The van der Waals surface area contributed by atoms with Gasteiger partial charge in [-0.2, -0.15) is 0 Å². The van der Waals surface area contributed by atoms with Crippen LogP contribution < -0.4 is 4.90 Å². The van der Waals surface area contributed by atoms with E-state index in [9.17, 15) is 18.3 Å². The molecule has 0 spiro atoms. The van der Waals surface area contributed by atoms with Gasteiger partial charge in [0.05, 0.1) is 16.3 Å². The number of aliphatic hydroxyl groups is 1. The summed E-state index contributed by atoms with van der Waals surface area (Å²) in [5.74, 6) is 11.2. The predicted octanol–water partition coefficient (Wildman–Crippen LogP) is 2.41. The van der Waals surface area contributed by atoms with E-state index in [-0.39, 0.29) is 17.3 Å². The largest absolute Gasteiger partial charge is 0.448 e. The van der Waals surface area contributed by atoms with Crippen LogP contribution in [0.4, 0.5) is 10.5 Å². The Kier molecular flexibility index (Phi) is 5.26. The van der Waals surface area contributed by atoms with Crippen LogP contribution in [0.3, 0.4) is 0 Å². The zero-order chi connectivity index (χ0) is 24.0. The summed E-state index contributed by atoms with van der Waals surface area (Å²) in [5.41, 5.74) is -1.61. The summed E-state index contributed by atoms with van der Waals surface area (Å²) in [6, 6.07) is 14.3. The Morgan fingerprint density at radius 2 is 1.82 bits per heavy atom. The number of ether oxygens (including phenoxy) is 2. The molecule has 1 saturated heterocycles. The van der Waals surface area contributed by atoms with Crippen molar-refractivity contribution in [3.8, 4) is 23.7 Å². The molecule has 0 unspecified atom stereocenters. The lowest BCUT2D eigenvalue weighted by molar-refractivity contribution is 0.0264. The number of hydrogen-bond acceptors (Lipinski definition) is 6. The normalized spacial score (nSPS) is 29.2. The van der Waals surface area contributed by atoms with Crippen molar-refractivity contribution in [2.24, 2.45) is 0 Å². The lowest BCUT2D eigenvalue weighted by Gasteiger charge is -2.38. The number of para-hydroxylation sites is 1. The molecule has 2 aliphatic heterocycles. The van der Waals surface area contributed by atoms with Crippen LogP contribution in [0.2, 0.25) is 0 Å². The van der Waals surface area contributed by atoms with Gasteiger partial charge in [-0.1, -0.05) is 60.1 Å². The zero-order valence-corrected chi connectivity index (χ0v) is 19.1. The molecule has 1 N–H and O–H groups in total. The van der Waals surface area contributed by atoms with Gasteiger partial charge in [0.25, 0.3) is 0 Å². The molecular formula is C26H21NO6S. The van der Waals surface area contributed by atoms with Gasteiger partial charge >= 0.3 is 6.09 Å². The third-order valence-electron chi connectivity index (χ3n) is 6.18. The maximum Gasteiger partial charge on any atom is 0.415 e. The van der Waals surface area contributed by atoms with E-state index in [0.29, 0.717) is 11.3 Å². The number of carbonyl (C=O) groups excluding carboxylic acids is 1. The number of fused-ring (bicyclic) bond motifs is 1. The highest BCUT2D eigenvalue weighted by atomic mass is 32.2. The first-order valence-corrected chi connectivity index (χ1v) is 12.4. The molecule has 1 aliphatic carbocycles. The van der Waals surface area contributed by atoms with Crippen molar-refractivity contribution in [1.29, 1.82) is 0 Å². The molecule has 0 aromatic heterocycles. The number of sulfone groups is 1. The summed E-state index contributed by atoms with van der Waals surface area (Å²) < 4.78 is 36.6. The first kappa shape index (κ1) is 22.2. The number of hydrogen-bond donors (Lipinski definition) is 1. The maximum absolute atomic E-state index is 13.2. The quantitative estimate of drug-likeness (QED) is 0.539. The second-order valence-electron chi connectivity index (χ2n) is 8.32. The van der Waals surface area contributed by atoms with Crippen LogP contribution in [0.15, 0.2) is 71.6 Å². The van der Waals surface area contributed by atoms with Crippen molar-refractivity contribution in [1.82, 2.24) is 0 Å². The van der Waals surface area contributed by atoms with Crippen LogP contribution in [0, 0.1) is 23.7 Å². The van der Waals surface area contributed by atoms with Gasteiger partial charge in [-0.3, -0.25) is 4.90 Å². The molecule has 172 valence electrons. The molecule has 8 heteroatoms. The van der Waals surface area contributed by atoms with Gasteiger partial charge in [0.1, 0.15) is 18.8 Å². The molecular weight excluding hydrogens is 454 g/mol. The number of allylic oxidation sites excluding steroid dienone is 2. The lowest BCUT2D eigenvalue weighted by atomic mass is 9.75. The molecule has 0 saturated carbocycles. The minimum Gasteiger partial charge on any atom is -0.448 e. The Bertz CT molecular complexity index is 1410. The number of anilines is 1. The van der Waals surface area contributed by atoms with Crippen LogP contribution in [-0.4, -0.2) is 49.7 Å². The van der Waals surface area contributed by atoms with E-state index in [0.717, 1.165) is 0 Å². The first-order valence-electron chi connectivity index (χ1n) is 10.7. The van der Waals surface area contributed by atoms with Crippen molar-refractivity contribution in [2.75, 3.05) is 17.3 Å². The van der Waals surface area contributed by atoms with Crippen molar-refractivity contribution in [3.63, 3.8) is 0 Å². The number of carbonyl (C=O) groups is 1. The molecule has 3 aliphatic rings. The molecule has 2 heterocycles. The fourth-order valence-corrected chi connectivity index (χ4v) is 5.61. The molecule has 0 radical (unpaired) electrons. The van der Waals surface area contributed by atoms with Crippen molar-refractivity contribution in [3.05, 3.63) is 72.3 Å². The van der Waals surface area contributed by atoms with Crippen molar-refractivity contribution >= 4 is 21.6 Å². The molecule has 2 bridgehead atoms. The summed E-state index contributed by atoms with van der Waals surface area (Å²) in [6.07, 6.45) is 1.69. The van der Waals surface area contributed by atoms with Gasteiger partial charge in [0, 0.05) is 5.56 Å². The fourth-order valence-electron chi connectivity index (χ4n) is 4.50. The average molecular weight is 476 g/mol. The third kappa shape index (κ3) is 3.48. The maximum atomic E-state index is 13.2. The molecule has 1 fully saturated rings. The Morgan fingerprint density at radius 1 is 1.12 bits per heavy atom. The SMILES string of the molecule is C[C@]1(O)C#C/C=C\C#C[C@H]2[C@@H]3O[C@]31c1ccccc1N2C(=O)OCCS(=O)(=O)c1ccccc1. The summed E-state index contributed by atoms with van der Waals surface area (Å²) in [7, 11) is -3.61. The van der Waals surface area contributed by atoms with E-state index < -0.39 is 39.3 Å². The van der Waals surface area contributed by atoms with Crippen LogP contribution in [0.1, 0.15) is 12.5 Å². The number of nitrogens with zero attached hydrogens (tertiary/aromatic N) is 1. The van der Waals surface area contributed by atoms with Crippen LogP contribution in [0.25, 0.3) is 0 Å². The molecule has 2 aromatic carbocycles. The van der Waals surface area contributed by atoms with Crippen LogP contribution >= 0.6 is 0 Å². The zero-order valence-electron chi connectivity index (χ0n) is 18.3. The number of amides is 1. The van der Waals surface area contributed by atoms with Gasteiger partial charge in [-0.25, -0.2) is 13.2 Å². The Hall–Kier alpha value is -3.56. The van der Waals surface area contributed by atoms with Crippen LogP contribution in [0.5, 0.6) is 0 Å². The standard InChI is InChI=1S/C26H21NO6S/c1-25(29)16-10-3-2-7-15-22-23-26(25,33-23)20-13-8-9-14-21(20)27(22)24(28)32-17-18-34(30,31)19-11-5-4-6-12-19/h2-6,8-9,11-14,22-23,29H,17-18H2,1H3/b3-2-/t22-,23-,25-,26+/m0/s1. The number of epoxide rings is 1. The summed E-state index contributed by atoms with van der Waals surface area (Å²) in [6.45, 7) is 1.26. The highest BCUT2D eigenvalue weighted by Gasteiger charge is 2.74. The third-order valence-corrected chi connectivity index (χ3v) is 7.88. The molecule has 5 rings (SSSR count). The van der Waals surface area contributed by atoms with E-state index in [1.54, 1.807) is 49.4 Å².